The van der Waals surface area contributed by atoms with Gasteiger partial charge < -0.3 is 10.6 Å². The Hall–Kier alpha value is -0.990. The molecule has 0 bridgehead atoms. The first kappa shape index (κ1) is 12.5. The van der Waals surface area contributed by atoms with Crippen molar-refractivity contribution in [3.63, 3.8) is 0 Å². The van der Waals surface area contributed by atoms with E-state index in [4.69, 9.17) is 5.73 Å². The third kappa shape index (κ3) is 2.33. The van der Waals surface area contributed by atoms with Gasteiger partial charge in [-0.3, -0.25) is 4.99 Å². The maximum Gasteiger partial charge on any atom is 0.192 e. The Morgan fingerprint density at radius 3 is 2.82 bits per heavy atom. The van der Waals surface area contributed by atoms with Crippen molar-refractivity contribution in [3.8, 4) is 0 Å². The Balaban J connectivity index is 1.99. The van der Waals surface area contributed by atoms with Crippen LogP contribution in [0.1, 0.15) is 45.4 Å². The molecule has 0 unspecified atom stereocenters. The zero-order valence-corrected chi connectivity index (χ0v) is 11.0. The van der Waals surface area contributed by atoms with Crippen LogP contribution in [0, 0.1) is 5.92 Å². The highest BCUT2D eigenvalue weighted by Gasteiger charge is 2.43. The third-order valence-electron chi connectivity index (χ3n) is 4.43. The predicted octanol–water partition coefficient (Wildman–Crippen LogP) is 2.53. The van der Waals surface area contributed by atoms with Crippen molar-refractivity contribution in [3.05, 3.63) is 12.7 Å². The van der Waals surface area contributed by atoms with Crippen molar-refractivity contribution in [2.24, 2.45) is 16.6 Å². The van der Waals surface area contributed by atoms with Crippen LogP contribution >= 0.6 is 0 Å². The quantitative estimate of drug-likeness (QED) is 0.761. The van der Waals surface area contributed by atoms with Crippen molar-refractivity contribution in [1.29, 1.82) is 0 Å². The fraction of sp³-hybridized carbons (Fsp3) is 0.786. The predicted molar refractivity (Wildman–Crippen MR) is 73.0 cm³/mol. The minimum absolute atomic E-state index is 0.225. The number of guanidine groups is 1. The lowest BCUT2D eigenvalue weighted by atomic mass is 9.74. The summed E-state index contributed by atoms with van der Waals surface area (Å²) in [5.41, 5.74) is 6.22. The van der Waals surface area contributed by atoms with Crippen molar-refractivity contribution in [2.45, 2.75) is 51.0 Å². The number of hydrogen-bond donors (Lipinski definition) is 1. The lowest BCUT2D eigenvalue weighted by Gasteiger charge is -2.43. The molecular weight excluding hydrogens is 210 g/mol. The number of aliphatic imine (C=N–C) groups is 1. The summed E-state index contributed by atoms with van der Waals surface area (Å²) in [4.78, 5) is 6.74. The summed E-state index contributed by atoms with van der Waals surface area (Å²) in [5.74, 6) is 1.65. The fourth-order valence-corrected chi connectivity index (χ4v) is 3.40. The second-order valence-electron chi connectivity index (χ2n) is 5.53. The van der Waals surface area contributed by atoms with Crippen LogP contribution < -0.4 is 5.73 Å². The first-order valence-corrected chi connectivity index (χ1v) is 6.90. The average Bonchev–Trinajstić information content (AvgIpc) is 2.63. The van der Waals surface area contributed by atoms with Gasteiger partial charge in [-0.1, -0.05) is 25.8 Å². The van der Waals surface area contributed by atoms with Crippen LogP contribution in [0.15, 0.2) is 17.6 Å². The molecule has 0 radical (unpaired) electrons. The fourth-order valence-electron chi connectivity index (χ4n) is 3.40. The molecular formula is C14H25N3. The van der Waals surface area contributed by atoms with E-state index >= 15 is 0 Å². The SMILES string of the molecule is C=CCN1C(N)=NCC12CCC(CCC)CC2. The van der Waals surface area contributed by atoms with Gasteiger partial charge in [-0.2, -0.15) is 0 Å². The van der Waals surface area contributed by atoms with Crippen molar-refractivity contribution < 1.29 is 0 Å². The van der Waals surface area contributed by atoms with E-state index in [1.807, 2.05) is 6.08 Å². The molecule has 1 spiro atoms. The second-order valence-corrected chi connectivity index (χ2v) is 5.53. The van der Waals surface area contributed by atoms with E-state index in [-0.39, 0.29) is 5.54 Å². The standard InChI is InChI=1S/C14H25N3/c1-3-5-12-6-8-14(9-7-12)11-16-13(15)17(14)10-4-2/h4,12H,2-3,5-11H2,1H3,(H2,15,16). The van der Waals surface area contributed by atoms with Crippen LogP contribution in [0.3, 0.4) is 0 Å². The van der Waals surface area contributed by atoms with Gasteiger partial charge in [-0.15, -0.1) is 6.58 Å². The summed E-state index contributed by atoms with van der Waals surface area (Å²) in [6.45, 7) is 7.85. The van der Waals surface area contributed by atoms with Crippen LogP contribution in [-0.4, -0.2) is 29.5 Å². The van der Waals surface area contributed by atoms with Crippen molar-refractivity contribution in [2.75, 3.05) is 13.1 Å². The smallest absolute Gasteiger partial charge is 0.192 e. The van der Waals surface area contributed by atoms with Crippen LogP contribution in [0.4, 0.5) is 0 Å². The Morgan fingerprint density at radius 1 is 1.53 bits per heavy atom. The molecule has 1 saturated carbocycles. The molecule has 0 aromatic heterocycles. The molecule has 2 rings (SSSR count). The molecule has 96 valence electrons. The molecule has 1 aliphatic carbocycles. The highest BCUT2D eigenvalue weighted by atomic mass is 15.4. The van der Waals surface area contributed by atoms with Gasteiger partial charge in [0.1, 0.15) is 0 Å². The van der Waals surface area contributed by atoms with E-state index in [0.29, 0.717) is 0 Å². The average molecular weight is 235 g/mol. The van der Waals surface area contributed by atoms with E-state index in [1.54, 1.807) is 0 Å². The van der Waals surface area contributed by atoms with Crippen LogP contribution in [0.25, 0.3) is 0 Å². The highest BCUT2D eigenvalue weighted by Crippen LogP contribution is 2.40. The van der Waals surface area contributed by atoms with E-state index in [1.165, 1.54) is 38.5 Å². The normalized spacial score (nSPS) is 32.9. The van der Waals surface area contributed by atoms with Crippen molar-refractivity contribution >= 4 is 5.96 Å². The number of rotatable bonds is 4. The zero-order valence-electron chi connectivity index (χ0n) is 11.0. The molecule has 1 fully saturated rings. The van der Waals surface area contributed by atoms with Crippen LogP contribution in [0.5, 0.6) is 0 Å². The molecule has 0 saturated heterocycles. The Morgan fingerprint density at radius 2 is 2.24 bits per heavy atom. The van der Waals surface area contributed by atoms with Crippen LogP contribution in [-0.2, 0) is 0 Å². The second kappa shape index (κ2) is 5.11. The lowest BCUT2D eigenvalue weighted by Crippen LogP contribution is -2.53. The number of nitrogens with zero attached hydrogens (tertiary/aromatic N) is 2. The van der Waals surface area contributed by atoms with Gasteiger partial charge in [-0.05, 0) is 31.6 Å². The largest absolute Gasteiger partial charge is 0.370 e. The molecule has 0 aromatic rings. The lowest BCUT2D eigenvalue weighted by molar-refractivity contribution is 0.122. The first-order chi connectivity index (χ1) is 8.22. The third-order valence-corrected chi connectivity index (χ3v) is 4.43. The molecule has 2 aliphatic rings. The Bertz CT molecular complexity index is 301. The molecule has 0 amide bonds. The topological polar surface area (TPSA) is 41.6 Å². The number of nitrogens with two attached hydrogens (primary N) is 1. The maximum atomic E-state index is 5.99. The molecule has 3 heteroatoms. The van der Waals surface area contributed by atoms with Gasteiger partial charge in [0.25, 0.3) is 0 Å². The van der Waals surface area contributed by atoms with Gasteiger partial charge in [0.05, 0.1) is 12.1 Å². The molecule has 0 atom stereocenters. The van der Waals surface area contributed by atoms with Gasteiger partial charge in [-0.25, -0.2) is 0 Å². The van der Waals surface area contributed by atoms with Gasteiger partial charge in [0.15, 0.2) is 5.96 Å². The van der Waals surface area contributed by atoms with E-state index < -0.39 is 0 Å². The number of hydrogen-bond acceptors (Lipinski definition) is 3. The molecule has 1 heterocycles. The van der Waals surface area contributed by atoms with Crippen LogP contribution in [0.2, 0.25) is 0 Å². The van der Waals surface area contributed by atoms with Gasteiger partial charge in [0, 0.05) is 6.54 Å². The molecule has 17 heavy (non-hydrogen) atoms. The molecule has 1 aliphatic heterocycles. The maximum absolute atomic E-state index is 5.99. The van der Waals surface area contributed by atoms with E-state index in [9.17, 15) is 0 Å². The minimum atomic E-state index is 0.225. The molecule has 3 nitrogen and oxygen atoms in total. The Labute approximate surface area is 105 Å². The van der Waals surface area contributed by atoms with E-state index in [0.717, 1.165) is 25.0 Å². The first-order valence-electron chi connectivity index (χ1n) is 6.90. The summed E-state index contributed by atoms with van der Waals surface area (Å²) in [6, 6.07) is 0. The molecule has 2 N–H and O–H groups in total. The summed E-state index contributed by atoms with van der Waals surface area (Å²) < 4.78 is 0. The van der Waals surface area contributed by atoms with Gasteiger partial charge >= 0.3 is 0 Å². The Kier molecular flexibility index (Phi) is 3.75. The van der Waals surface area contributed by atoms with Crippen molar-refractivity contribution in [1.82, 2.24) is 4.90 Å². The molecule has 0 aromatic carbocycles. The summed E-state index contributed by atoms with van der Waals surface area (Å²) in [7, 11) is 0. The summed E-state index contributed by atoms with van der Waals surface area (Å²) in [5, 5.41) is 0. The minimum Gasteiger partial charge on any atom is -0.370 e. The summed E-state index contributed by atoms with van der Waals surface area (Å²) in [6.07, 6.45) is 9.80. The summed E-state index contributed by atoms with van der Waals surface area (Å²) >= 11 is 0. The van der Waals surface area contributed by atoms with Gasteiger partial charge in [0.2, 0.25) is 0 Å². The zero-order chi connectivity index (χ0) is 12.3. The van der Waals surface area contributed by atoms with E-state index in [2.05, 4.69) is 23.4 Å². The highest BCUT2D eigenvalue weighted by molar-refractivity contribution is 5.81. The monoisotopic (exact) mass is 235 g/mol.